The molecular formula is C9H12Cl2FNO. The van der Waals surface area contributed by atoms with Crippen molar-refractivity contribution in [3.8, 4) is 0 Å². The van der Waals surface area contributed by atoms with Gasteiger partial charge >= 0.3 is 0 Å². The Kier molecular flexibility index (Phi) is 6.58. The summed E-state index contributed by atoms with van der Waals surface area (Å²) < 4.78 is 12.3. The maximum Gasteiger partial charge on any atom is 0.153 e. The highest BCUT2D eigenvalue weighted by molar-refractivity contribution is 6.66. The molecular weight excluding hydrogens is 228 g/mol. The number of halogens is 3. The molecule has 5 heteroatoms. The summed E-state index contributed by atoms with van der Waals surface area (Å²) in [7, 11) is 0. The maximum atomic E-state index is 12.3. The lowest BCUT2D eigenvalue weighted by Crippen LogP contribution is -2.04. The van der Waals surface area contributed by atoms with Gasteiger partial charge in [0.25, 0.3) is 0 Å². The molecule has 1 N–H and O–H groups in total. The second-order valence-corrected chi connectivity index (χ2v) is 3.58. The van der Waals surface area contributed by atoms with Crippen LogP contribution in [0.3, 0.4) is 0 Å². The number of alkyl halides is 1. The summed E-state index contributed by atoms with van der Waals surface area (Å²) in [5.41, 5.74) is 0. The third kappa shape index (κ3) is 5.25. The topological polar surface area (TPSA) is 32.6 Å². The second kappa shape index (κ2) is 6.85. The van der Waals surface area contributed by atoms with Crippen molar-refractivity contribution >= 4 is 28.4 Å². The van der Waals surface area contributed by atoms with Crippen molar-refractivity contribution in [2.45, 2.75) is 20.0 Å². The van der Waals surface area contributed by atoms with Crippen LogP contribution in [0.1, 0.15) is 13.8 Å². The van der Waals surface area contributed by atoms with Gasteiger partial charge in [0.15, 0.2) is 5.17 Å². The molecule has 80 valence electrons. The first kappa shape index (κ1) is 13.5. The third-order valence-electron chi connectivity index (χ3n) is 1.50. The Balaban J connectivity index is 4.38. The van der Waals surface area contributed by atoms with Crippen LogP contribution in [0, 0.1) is 5.92 Å². The van der Waals surface area contributed by atoms with Crippen LogP contribution in [0.25, 0.3) is 0 Å². The predicted molar refractivity (Wildman–Crippen MR) is 57.9 cm³/mol. The Morgan fingerprint density at radius 3 is 2.43 bits per heavy atom. The minimum atomic E-state index is -1.02. The summed E-state index contributed by atoms with van der Waals surface area (Å²) in [5.74, 6) is -0.386. The molecule has 0 heterocycles. The smallest absolute Gasteiger partial charge is 0.153 e. The van der Waals surface area contributed by atoms with Gasteiger partial charge in [-0.1, -0.05) is 47.4 Å². The van der Waals surface area contributed by atoms with E-state index in [1.807, 2.05) is 0 Å². The van der Waals surface area contributed by atoms with Gasteiger partial charge in [0.1, 0.15) is 6.17 Å². The summed E-state index contributed by atoms with van der Waals surface area (Å²) in [5, 5.41) is 11.5. The van der Waals surface area contributed by atoms with Gasteiger partial charge in [0, 0.05) is 11.0 Å². The lowest BCUT2D eigenvalue weighted by atomic mass is 10.2. The fourth-order valence-electron chi connectivity index (χ4n) is 0.645. The Morgan fingerprint density at radius 1 is 1.43 bits per heavy atom. The Morgan fingerprint density at radius 2 is 2.00 bits per heavy atom. The van der Waals surface area contributed by atoms with E-state index in [4.69, 9.17) is 28.4 Å². The van der Waals surface area contributed by atoms with Gasteiger partial charge in [-0.05, 0) is 13.0 Å². The average molecular weight is 240 g/mol. The molecule has 2 atom stereocenters. The average Bonchev–Trinajstić information content (AvgIpc) is 2.14. The van der Waals surface area contributed by atoms with Gasteiger partial charge in [0.2, 0.25) is 0 Å². The van der Waals surface area contributed by atoms with E-state index in [0.29, 0.717) is 5.03 Å². The standard InChI is InChI=1S/C9H12Cl2FNO/c1-6(12)4-3-5-8(10)7(2)9(11)13-14/h3-7,14H,1-2H3/b4-3-,8-5+,13-9+. The molecule has 0 radical (unpaired) electrons. The van der Waals surface area contributed by atoms with Gasteiger partial charge in [-0.3, -0.25) is 0 Å². The molecule has 0 aromatic carbocycles. The van der Waals surface area contributed by atoms with Crippen LogP contribution in [-0.4, -0.2) is 16.5 Å². The van der Waals surface area contributed by atoms with Crippen molar-refractivity contribution in [2.24, 2.45) is 11.1 Å². The molecule has 0 aromatic rings. The highest BCUT2D eigenvalue weighted by Crippen LogP contribution is 2.18. The number of rotatable bonds is 4. The number of nitrogens with zero attached hydrogens (tertiary/aromatic N) is 1. The number of allylic oxidation sites excluding steroid dienone is 4. The lowest BCUT2D eigenvalue weighted by molar-refractivity contribution is 0.318. The zero-order valence-electron chi connectivity index (χ0n) is 7.92. The Bertz CT molecular complexity index is 262. The minimum absolute atomic E-state index is 0.00653. The van der Waals surface area contributed by atoms with Crippen molar-refractivity contribution in [3.63, 3.8) is 0 Å². The molecule has 2 nitrogen and oxygen atoms in total. The largest absolute Gasteiger partial charge is 0.410 e. The molecule has 0 aliphatic heterocycles. The molecule has 0 aliphatic carbocycles. The number of hydrogen-bond donors (Lipinski definition) is 1. The van der Waals surface area contributed by atoms with Crippen molar-refractivity contribution in [1.82, 2.24) is 0 Å². The predicted octanol–water partition coefficient (Wildman–Crippen LogP) is 3.69. The van der Waals surface area contributed by atoms with Crippen molar-refractivity contribution in [3.05, 3.63) is 23.3 Å². The first-order chi connectivity index (χ1) is 6.49. The minimum Gasteiger partial charge on any atom is -0.410 e. The Hall–Kier alpha value is -0.540. The van der Waals surface area contributed by atoms with Crippen LogP contribution in [-0.2, 0) is 0 Å². The molecule has 14 heavy (non-hydrogen) atoms. The van der Waals surface area contributed by atoms with E-state index in [0.717, 1.165) is 0 Å². The monoisotopic (exact) mass is 239 g/mol. The van der Waals surface area contributed by atoms with Crippen LogP contribution in [0.2, 0.25) is 0 Å². The quantitative estimate of drug-likeness (QED) is 0.345. The van der Waals surface area contributed by atoms with Crippen LogP contribution in [0.4, 0.5) is 4.39 Å². The molecule has 0 saturated carbocycles. The summed E-state index contributed by atoms with van der Waals surface area (Å²) in [4.78, 5) is 0. The van der Waals surface area contributed by atoms with E-state index in [2.05, 4.69) is 5.16 Å². The van der Waals surface area contributed by atoms with Crippen molar-refractivity contribution in [1.29, 1.82) is 0 Å². The molecule has 0 spiro atoms. The van der Waals surface area contributed by atoms with E-state index in [9.17, 15) is 4.39 Å². The highest BCUT2D eigenvalue weighted by atomic mass is 35.5. The number of hydrogen-bond acceptors (Lipinski definition) is 2. The molecule has 0 rings (SSSR count). The highest BCUT2D eigenvalue weighted by Gasteiger charge is 2.11. The molecule has 0 bridgehead atoms. The lowest BCUT2D eigenvalue weighted by Gasteiger charge is -2.05. The van der Waals surface area contributed by atoms with Gasteiger partial charge in [0.05, 0.1) is 0 Å². The molecule has 0 aliphatic rings. The SMILES string of the molecule is CC(F)/C=C\C=C(\Cl)C(C)/C(Cl)=N\O. The van der Waals surface area contributed by atoms with E-state index in [-0.39, 0.29) is 11.1 Å². The summed E-state index contributed by atoms with van der Waals surface area (Å²) in [6.07, 6.45) is 3.33. The second-order valence-electron chi connectivity index (χ2n) is 2.76. The molecule has 0 fully saturated rings. The van der Waals surface area contributed by atoms with Gasteiger partial charge in [-0.25, -0.2) is 4.39 Å². The zero-order valence-corrected chi connectivity index (χ0v) is 9.43. The summed E-state index contributed by atoms with van der Waals surface area (Å²) >= 11 is 11.3. The van der Waals surface area contributed by atoms with E-state index >= 15 is 0 Å². The molecule has 0 amide bonds. The summed E-state index contributed by atoms with van der Waals surface area (Å²) in [6, 6.07) is 0. The van der Waals surface area contributed by atoms with Gasteiger partial charge < -0.3 is 5.21 Å². The fourth-order valence-corrected chi connectivity index (χ4v) is 0.995. The van der Waals surface area contributed by atoms with Crippen LogP contribution in [0.5, 0.6) is 0 Å². The molecule has 0 saturated heterocycles. The number of oxime groups is 1. The fraction of sp³-hybridized carbons (Fsp3) is 0.444. The maximum absolute atomic E-state index is 12.3. The zero-order chi connectivity index (χ0) is 11.1. The first-order valence-electron chi connectivity index (χ1n) is 4.04. The summed E-state index contributed by atoms with van der Waals surface area (Å²) in [6.45, 7) is 3.08. The van der Waals surface area contributed by atoms with Gasteiger partial charge in [-0.2, -0.15) is 0 Å². The Labute approximate surface area is 92.7 Å². The van der Waals surface area contributed by atoms with Crippen molar-refractivity contribution < 1.29 is 9.60 Å². The van der Waals surface area contributed by atoms with Gasteiger partial charge in [-0.15, -0.1) is 0 Å². The van der Waals surface area contributed by atoms with Crippen LogP contribution < -0.4 is 0 Å². The van der Waals surface area contributed by atoms with E-state index in [1.54, 1.807) is 6.92 Å². The van der Waals surface area contributed by atoms with Crippen LogP contribution in [0.15, 0.2) is 28.4 Å². The van der Waals surface area contributed by atoms with Crippen molar-refractivity contribution in [2.75, 3.05) is 0 Å². The van der Waals surface area contributed by atoms with E-state index in [1.165, 1.54) is 25.2 Å². The van der Waals surface area contributed by atoms with E-state index < -0.39 is 6.17 Å². The third-order valence-corrected chi connectivity index (χ3v) is 2.35. The first-order valence-corrected chi connectivity index (χ1v) is 4.80. The normalized spacial score (nSPS) is 18.6. The van der Waals surface area contributed by atoms with Crippen LogP contribution >= 0.6 is 23.2 Å². The molecule has 2 unspecified atom stereocenters. The molecule has 0 aromatic heterocycles.